The van der Waals surface area contributed by atoms with Crippen LogP contribution in [-0.2, 0) is 11.3 Å². The number of carbonyl (C=O) groups is 1. The minimum absolute atomic E-state index is 0.0781. The zero-order valence-corrected chi connectivity index (χ0v) is 17.1. The average molecular weight is 444 g/mol. The average Bonchev–Trinajstić information content (AvgIpc) is 3.08. The summed E-state index contributed by atoms with van der Waals surface area (Å²) in [4.78, 5) is 12.3. The fourth-order valence-corrected chi connectivity index (χ4v) is 3.40. The van der Waals surface area contributed by atoms with Crippen molar-refractivity contribution in [2.75, 3.05) is 11.9 Å². The number of benzene rings is 3. The molecule has 1 N–H and O–H groups in total. The van der Waals surface area contributed by atoms with Crippen molar-refractivity contribution < 1.29 is 13.9 Å². The number of fused-ring (bicyclic) bond motifs is 1. The standard InChI is InChI=1S/C22H16Cl2FN3O2/c23-18-6-3-7-20(25)17(18)11-28-12-19(24)22(27-28)26-21(29)13-30-16-9-8-14-4-1-2-5-15(14)10-16/h1-10,12H,11,13H2,(H,26,27,29). The molecular formula is C22H16Cl2FN3O2. The Hall–Kier alpha value is -3.09. The predicted octanol–water partition coefficient (Wildman–Crippen LogP) is 5.55. The van der Waals surface area contributed by atoms with Gasteiger partial charge < -0.3 is 10.1 Å². The summed E-state index contributed by atoms with van der Waals surface area (Å²) in [6.45, 7) is -0.130. The Morgan fingerprint density at radius 2 is 1.83 bits per heavy atom. The van der Waals surface area contributed by atoms with Crippen LogP contribution in [0, 0.1) is 5.82 Å². The van der Waals surface area contributed by atoms with E-state index in [2.05, 4.69) is 10.4 Å². The minimum atomic E-state index is -0.441. The molecule has 1 heterocycles. The van der Waals surface area contributed by atoms with Gasteiger partial charge >= 0.3 is 0 Å². The van der Waals surface area contributed by atoms with E-state index >= 15 is 0 Å². The third-order valence-corrected chi connectivity index (χ3v) is 5.08. The lowest BCUT2D eigenvalue weighted by Gasteiger charge is -2.08. The van der Waals surface area contributed by atoms with Crippen LogP contribution in [-0.4, -0.2) is 22.3 Å². The highest BCUT2D eigenvalue weighted by Gasteiger charge is 2.14. The van der Waals surface area contributed by atoms with Gasteiger partial charge in [-0.05, 0) is 35.0 Å². The van der Waals surface area contributed by atoms with Crippen LogP contribution in [0.2, 0.25) is 10.0 Å². The van der Waals surface area contributed by atoms with Crippen molar-refractivity contribution in [1.82, 2.24) is 9.78 Å². The molecular weight excluding hydrogens is 428 g/mol. The fourth-order valence-electron chi connectivity index (χ4n) is 2.98. The third kappa shape index (κ3) is 4.56. The number of rotatable bonds is 6. The number of ether oxygens (including phenoxy) is 1. The Labute approximate surface area is 182 Å². The number of aromatic nitrogens is 2. The molecule has 0 fully saturated rings. The van der Waals surface area contributed by atoms with Gasteiger partial charge in [-0.25, -0.2) is 4.39 Å². The summed E-state index contributed by atoms with van der Waals surface area (Å²) < 4.78 is 20.9. The first-order valence-electron chi connectivity index (χ1n) is 9.07. The molecule has 0 saturated heterocycles. The maximum absolute atomic E-state index is 14.0. The number of hydrogen-bond acceptors (Lipinski definition) is 3. The van der Waals surface area contributed by atoms with Gasteiger partial charge in [0.05, 0.1) is 6.54 Å². The van der Waals surface area contributed by atoms with E-state index in [-0.39, 0.29) is 34.6 Å². The lowest BCUT2D eigenvalue weighted by atomic mass is 10.1. The molecule has 8 heteroatoms. The molecule has 0 aliphatic heterocycles. The molecule has 0 bridgehead atoms. The molecule has 0 saturated carbocycles. The van der Waals surface area contributed by atoms with Gasteiger partial charge in [0, 0.05) is 16.8 Å². The highest BCUT2D eigenvalue weighted by atomic mass is 35.5. The first-order chi connectivity index (χ1) is 14.5. The molecule has 152 valence electrons. The van der Waals surface area contributed by atoms with Gasteiger partial charge in [0.15, 0.2) is 12.4 Å². The summed E-state index contributed by atoms with van der Waals surface area (Å²) in [6, 6.07) is 17.9. The summed E-state index contributed by atoms with van der Waals surface area (Å²) in [5.74, 6) is -0.117. The molecule has 5 nitrogen and oxygen atoms in total. The topological polar surface area (TPSA) is 56.1 Å². The van der Waals surface area contributed by atoms with Gasteiger partial charge in [0.25, 0.3) is 5.91 Å². The first kappa shape index (κ1) is 20.2. The highest BCUT2D eigenvalue weighted by Crippen LogP contribution is 2.24. The number of nitrogens with one attached hydrogen (secondary N) is 1. The van der Waals surface area contributed by atoms with Crippen LogP contribution in [0.5, 0.6) is 5.75 Å². The lowest BCUT2D eigenvalue weighted by Crippen LogP contribution is -2.20. The maximum Gasteiger partial charge on any atom is 0.263 e. The minimum Gasteiger partial charge on any atom is -0.484 e. The zero-order valence-electron chi connectivity index (χ0n) is 15.6. The Bertz CT molecular complexity index is 1210. The molecule has 30 heavy (non-hydrogen) atoms. The van der Waals surface area contributed by atoms with Crippen LogP contribution in [0.3, 0.4) is 0 Å². The molecule has 0 aliphatic rings. The fraction of sp³-hybridized carbons (Fsp3) is 0.0909. The van der Waals surface area contributed by atoms with Crippen molar-refractivity contribution in [1.29, 1.82) is 0 Å². The van der Waals surface area contributed by atoms with E-state index in [0.29, 0.717) is 5.75 Å². The quantitative estimate of drug-likeness (QED) is 0.425. The van der Waals surface area contributed by atoms with Crippen LogP contribution >= 0.6 is 23.2 Å². The number of halogens is 3. The predicted molar refractivity (Wildman–Crippen MR) is 116 cm³/mol. The van der Waals surface area contributed by atoms with E-state index in [1.807, 2.05) is 36.4 Å². The molecule has 0 spiro atoms. The second-order valence-corrected chi connectivity index (χ2v) is 7.38. The zero-order chi connectivity index (χ0) is 21.1. The van der Waals surface area contributed by atoms with E-state index in [1.165, 1.54) is 23.0 Å². The largest absolute Gasteiger partial charge is 0.484 e. The summed E-state index contributed by atoms with van der Waals surface area (Å²) in [6.07, 6.45) is 1.49. The maximum atomic E-state index is 14.0. The van der Waals surface area contributed by atoms with Crippen molar-refractivity contribution in [2.24, 2.45) is 0 Å². The van der Waals surface area contributed by atoms with E-state index in [9.17, 15) is 9.18 Å². The van der Waals surface area contributed by atoms with Gasteiger partial charge in [-0.3, -0.25) is 9.48 Å². The molecule has 3 aromatic carbocycles. The molecule has 0 aliphatic carbocycles. The van der Waals surface area contributed by atoms with Crippen molar-refractivity contribution >= 4 is 45.7 Å². The second-order valence-electron chi connectivity index (χ2n) is 6.57. The first-order valence-corrected chi connectivity index (χ1v) is 9.82. The third-order valence-electron chi connectivity index (χ3n) is 4.45. The van der Waals surface area contributed by atoms with Crippen molar-refractivity contribution in [3.8, 4) is 5.75 Å². The molecule has 0 atom stereocenters. The highest BCUT2D eigenvalue weighted by molar-refractivity contribution is 6.33. The number of carbonyl (C=O) groups excluding carboxylic acids is 1. The van der Waals surface area contributed by atoms with Crippen molar-refractivity contribution in [3.05, 3.63) is 88.3 Å². The Kier molecular flexibility index (Phi) is 5.88. The van der Waals surface area contributed by atoms with E-state index < -0.39 is 11.7 Å². The molecule has 4 rings (SSSR count). The lowest BCUT2D eigenvalue weighted by molar-refractivity contribution is -0.118. The SMILES string of the molecule is O=C(COc1ccc2ccccc2c1)Nc1nn(Cc2c(F)cccc2Cl)cc1Cl. The second kappa shape index (κ2) is 8.73. The molecule has 1 aromatic heterocycles. The summed E-state index contributed by atoms with van der Waals surface area (Å²) in [5.41, 5.74) is 0.288. The van der Waals surface area contributed by atoms with Crippen LogP contribution in [0.25, 0.3) is 10.8 Å². The summed E-state index contributed by atoms with van der Waals surface area (Å²) in [7, 11) is 0. The molecule has 4 aromatic rings. The molecule has 0 radical (unpaired) electrons. The van der Waals surface area contributed by atoms with E-state index in [4.69, 9.17) is 27.9 Å². The van der Waals surface area contributed by atoms with Crippen LogP contribution in [0.15, 0.2) is 66.9 Å². The number of hydrogen-bond donors (Lipinski definition) is 1. The van der Waals surface area contributed by atoms with Crippen LogP contribution < -0.4 is 10.1 Å². The Morgan fingerprint density at radius 1 is 1.03 bits per heavy atom. The van der Waals surface area contributed by atoms with Crippen molar-refractivity contribution in [2.45, 2.75) is 6.54 Å². The van der Waals surface area contributed by atoms with Gasteiger partial charge in [-0.1, -0.05) is 59.6 Å². The molecule has 0 unspecified atom stereocenters. The van der Waals surface area contributed by atoms with Gasteiger partial charge in [-0.2, -0.15) is 5.10 Å². The van der Waals surface area contributed by atoms with Gasteiger partial charge in [-0.15, -0.1) is 0 Å². The Morgan fingerprint density at radius 3 is 2.63 bits per heavy atom. The van der Waals surface area contributed by atoms with Crippen molar-refractivity contribution in [3.63, 3.8) is 0 Å². The number of nitrogens with zero attached hydrogens (tertiary/aromatic N) is 2. The summed E-state index contributed by atoms with van der Waals surface area (Å²) in [5, 5.41) is 9.41. The summed E-state index contributed by atoms with van der Waals surface area (Å²) >= 11 is 12.2. The van der Waals surface area contributed by atoms with E-state index in [0.717, 1.165) is 10.8 Å². The van der Waals surface area contributed by atoms with Crippen LogP contribution in [0.1, 0.15) is 5.56 Å². The van der Waals surface area contributed by atoms with E-state index in [1.54, 1.807) is 12.1 Å². The molecule has 1 amide bonds. The number of amides is 1. The normalized spacial score (nSPS) is 10.9. The number of anilines is 1. The monoisotopic (exact) mass is 443 g/mol. The van der Waals surface area contributed by atoms with Crippen LogP contribution in [0.4, 0.5) is 10.2 Å². The van der Waals surface area contributed by atoms with Gasteiger partial charge in [0.1, 0.15) is 16.6 Å². The Balaban J connectivity index is 1.39. The van der Waals surface area contributed by atoms with Gasteiger partial charge in [0.2, 0.25) is 0 Å². The smallest absolute Gasteiger partial charge is 0.263 e.